The number of aliphatic carboxylic acids is 1. The summed E-state index contributed by atoms with van der Waals surface area (Å²) >= 11 is 7.12. The molecule has 1 unspecified atom stereocenters. The minimum absolute atomic E-state index is 0.382. The second kappa shape index (κ2) is 5.29. The molecule has 0 fully saturated rings. The van der Waals surface area contributed by atoms with Crippen LogP contribution in [0.25, 0.3) is 0 Å². The first kappa shape index (κ1) is 12.1. The van der Waals surface area contributed by atoms with Gasteiger partial charge in [-0.2, -0.15) is 0 Å². The second-order valence-corrected chi connectivity index (χ2v) is 5.30. The smallest absolute Gasteiger partial charge is 0.312 e. The van der Waals surface area contributed by atoms with Crippen molar-refractivity contribution in [3.63, 3.8) is 0 Å². The fourth-order valence-corrected chi connectivity index (χ4v) is 2.71. The van der Waals surface area contributed by atoms with Crippen LogP contribution in [0.4, 0.5) is 0 Å². The van der Waals surface area contributed by atoms with E-state index in [1.807, 2.05) is 12.1 Å². The summed E-state index contributed by atoms with van der Waals surface area (Å²) < 4.78 is 0.604. The van der Waals surface area contributed by atoms with Crippen molar-refractivity contribution in [3.05, 3.63) is 51.4 Å². The van der Waals surface area contributed by atoms with Gasteiger partial charge >= 0.3 is 5.97 Å². The Balaban J connectivity index is 2.22. The SMILES string of the molecule is O=C(O)C(Cc1ccccn1)c1ccc(Cl)s1. The van der Waals surface area contributed by atoms with Crippen LogP contribution in [0.5, 0.6) is 0 Å². The molecule has 0 aliphatic carbocycles. The normalized spacial score (nSPS) is 12.3. The van der Waals surface area contributed by atoms with Crippen LogP contribution >= 0.6 is 22.9 Å². The zero-order chi connectivity index (χ0) is 12.3. The predicted molar refractivity (Wildman–Crippen MR) is 67.6 cm³/mol. The Bertz CT molecular complexity index is 512. The van der Waals surface area contributed by atoms with Gasteiger partial charge in [-0.15, -0.1) is 11.3 Å². The molecule has 0 saturated carbocycles. The molecule has 0 aliphatic rings. The lowest BCUT2D eigenvalue weighted by atomic mass is 10.0. The quantitative estimate of drug-likeness (QED) is 0.925. The van der Waals surface area contributed by atoms with Crippen molar-refractivity contribution in [1.82, 2.24) is 4.98 Å². The highest BCUT2D eigenvalue weighted by Crippen LogP contribution is 2.30. The Hall–Kier alpha value is -1.39. The van der Waals surface area contributed by atoms with Crippen LogP contribution < -0.4 is 0 Å². The first-order valence-corrected chi connectivity index (χ1v) is 6.24. The highest BCUT2D eigenvalue weighted by Gasteiger charge is 2.22. The summed E-state index contributed by atoms with van der Waals surface area (Å²) in [5, 5.41) is 9.23. The Morgan fingerprint density at radius 3 is 2.76 bits per heavy atom. The van der Waals surface area contributed by atoms with Crippen LogP contribution in [0.1, 0.15) is 16.5 Å². The molecule has 2 heterocycles. The van der Waals surface area contributed by atoms with Gasteiger partial charge in [-0.3, -0.25) is 9.78 Å². The number of nitrogens with zero attached hydrogens (tertiary/aromatic N) is 1. The molecular formula is C12H10ClNO2S. The fraction of sp³-hybridized carbons (Fsp3) is 0.167. The molecule has 0 amide bonds. The summed E-state index contributed by atoms with van der Waals surface area (Å²) in [7, 11) is 0. The van der Waals surface area contributed by atoms with Gasteiger partial charge in [-0.05, 0) is 24.3 Å². The molecular weight excluding hydrogens is 258 g/mol. The Morgan fingerprint density at radius 2 is 2.24 bits per heavy atom. The van der Waals surface area contributed by atoms with Gasteiger partial charge in [0.2, 0.25) is 0 Å². The minimum Gasteiger partial charge on any atom is -0.481 e. The monoisotopic (exact) mass is 267 g/mol. The average Bonchev–Trinajstić information content (AvgIpc) is 2.73. The number of rotatable bonds is 4. The second-order valence-electron chi connectivity index (χ2n) is 3.56. The zero-order valence-electron chi connectivity index (χ0n) is 8.84. The van der Waals surface area contributed by atoms with Gasteiger partial charge in [0.25, 0.3) is 0 Å². The molecule has 2 aromatic rings. The molecule has 0 aromatic carbocycles. The molecule has 17 heavy (non-hydrogen) atoms. The number of aromatic nitrogens is 1. The van der Waals surface area contributed by atoms with Gasteiger partial charge in [0.1, 0.15) is 0 Å². The molecule has 5 heteroatoms. The van der Waals surface area contributed by atoms with Gasteiger partial charge in [0.05, 0.1) is 10.3 Å². The summed E-state index contributed by atoms with van der Waals surface area (Å²) in [4.78, 5) is 16.1. The van der Waals surface area contributed by atoms with E-state index in [2.05, 4.69) is 4.98 Å². The van der Waals surface area contributed by atoms with Crippen molar-refractivity contribution in [1.29, 1.82) is 0 Å². The first-order chi connectivity index (χ1) is 8.16. The Morgan fingerprint density at radius 1 is 1.41 bits per heavy atom. The van der Waals surface area contributed by atoms with E-state index in [4.69, 9.17) is 11.6 Å². The van der Waals surface area contributed by atoms with Crippen LogP contribution in [0.3, 0.4) is 0 Å². The molecule has 0 radical (unpaired) electrons. The van der Waals surface area contributed by atoms with E-state index in [0.717, 1.165) is 10.6 Å². The van der Waals surface area contributed by atoms with Crippen LogP contribution in [0, 0.1) is 0 Å². The average molecular weight is 268 g/mol. The predicted octanol–water partition coefficient (Wildman–Crippen LogP) is 3.21. The van der Waals surface area contributed by atoms with Crippen molar-refractivity contribution in [2.24, 2.45) is 0 Å². The van der Waals surface area contributed by atoms with E-state index < -0.39 is 11.9 Å². The van der Waals surface area contributed by atoms with Gasteiger partial charge in [-0.1, -0.05) is 17.7 Å². The highest BCUT2D eigenvalue weighted by atomic mass is 35.5. The maximum absolute atomic E-state index is 11.2. The van der Waals surface area contributed by atoms with Crippen molar-refractivity contribution in [2.45, 2.75) is 12.3 Å². The molecule has 1 N–H and O–H groups in total. The van der Waals surface area contributed by atoms with E-state index in [1.165, 1.54) is 11.3 Å². The molecule has 2 rings (SSSR count). The van der Waals surface area contributed by atoms with E-state index in [-0.39, 0.29) is 0 Å². The van der Waals surface area contributed by atoms with Crippen molar-refractivity contribution < 1.29 is 9.90 Å². The van der Waals surface area contributed by atoms with Crippen LogP contribution in [0.2, 0.25) is 4.34 Å². The molecule has 0 aliphatic heterocycles. The minimum atomic E-state index is -0.853. The highest BCUT2D eigenvalue weighted by molar-refractivity contribution is 7.16. The maximum atomic E-state index is 11.2. The fourth-order valence-electron chi connectivity index (χ4n) is 1.55. The topological polar surface area (TPSA) is 50.2 Å². The number of hydrogen-bond acceptors (Lipinski definition) is 3. The Labute approximate surface area is 108 Å². The lowest BCUT2D eigenvalue weighted by Gasteiger charge is -2.09. The van der Waals surface area contributed by atoms with E-state index in [1.54, 1.807) is 24.4 Å². The van der Waals surface area contributed by atoms with Crippen molar-refractivity contribution in [3.8, 4) is 0 Å². The summed E-state index contributed by atoms with van der Waals surface area (Å²) in [5.74, 6) is -1.43. The summed E-state index contributed by atoms with van der Waals surface area (Å²) in [6.07, 6.45) is 2.04. The van der Waals surface area contributed by atoms with Crippen molar-refractivity contribution >= 4 is 28.9 Å². The number of carboxylic acids is 1. The number of carbonyl (C=O) groups is 1. The largest absolute Gasteiger partial charge is 0.481 e. The standard InChI is InChI=1S/C12H10ClNO2S/c13-11-5-4-10(17-11)9(12(15)16)7-8-3-1-2-6-14-8/h1-6,9H,7H2,(H,15,16). The van der Waals surface area contributed by atoms with Crippen LogP contribution in [-0.2, 0) is 11.2 Å². The third-order valence-electron chi connectivity index (χ3n) is 2.37. The molecule has 3 nitrogen and oxygen atoms in total. The van der Waals surface area contributed by atoms with Gasteiger partial charge in [-0.25, -0.2) is 0 Å². The molecule has 0 spiro atoms. The molecule has 88 valence electrons. The van der Waals surface area contributed by atoms with Gasteiger partial charge in [0.15, 0.2) is 0 Å². The summed E-state index contributed by atoms with van der Waals surface area (Å²) in [6.45, 7) is 0. The summed E-state index contributed by atoms with van der Waals surface area (Å²) in [6, 6.07) is 8.96. The van der Waals surface area contributed by atoms with Crippen LogP contribution in [-0.4, -0.2) is 16.1 Å². The third kappa shape index (κ3) is 3.05. The number of carboxylic acid groups (broad SMARTS) is 1. The molecule has 0 saturated heterocycles. The van der Waals surface area contributed by atoms with Gasteiger partial charge < -0.3 is 5.11 Å². The van der Waals surface area contributed by atoms with E-state index in [0.29, 0.717) is 10.8 Å². The lowest BCUT2D eigenvalue weighted by molar-refractivity contribution is -0.138. The first-order valence-electron chi connectivity index (χ1n) is 5.05. The molecule has 0 bridgehead atoms. The number of halogens is 1. The number of hydrogen-bond donors (Lipinski definition) is 1. The summed E-state index contributed by atoms with van der Waals surface area (Å²) in [5.41, 5.74) is 0.768. The van der Waals surface area contributed by atoms with Gasteiger partial charge in [0, 0.05) is 23.2 Å². The third-order valence-corrected chi connectivity index (χ3v) is 3.72. The Kier molecular flexibility index (Phi) is 3.76. The number of pyridine rings is 1. The van der Waals surface area contributed by atoms with E-state index in [9.17, 15) is 9.90 Å². The van der Waals surface area contributed by atoms with Crippen molar-refractivity contribution in [2.75, 3.05) is 0 Å². The van der Waals surface area contributed by atoms with Crippen LogP contribution in [0.15, 0.2) is 36.5 Å². The molecule has 2 aromatic heterocycles. The van der Waals surface area contributed by atoms with E-state index >= 15 is 0 Å². The molecule has 1 atom stereocenters. The zero-order valence-corrected chi connectivity index (χ0v) is 10.4. The lowest BCUT2D eigenvalue weighted by Crippen LogP contribution is -2.13. The number of thiophene rings is 1. The maximum Gasteiger partial charge on any atom is 0.312 e.